The zero-order valence-corrected chi connectivity index (χ0v) is 12.2. The SMILES string of the molecule is CC1CCCCCN1c1ccc2c(c1)N(C)C(=O)C2O. The van der Waals surface area contributed by atoms with Crippen LogP contribution in [0.5, 0.6) is 0 Å². The number of carbonyl (C=O) groups is 1. The van der Waals surface area contributed by atoms with Gasteiger partial charge in [0.2, 0.25) is 0 Å². The predicted octanol–water partition coefficient (Wildman–Crippen LogP) is 2.47. The molecule has 0 bridgehead atoms. The van der Waals surface area contributed by atoms with Crippen LogP contribution < -0.4 is 9.80 Å². The Labute approximate surface area is 120 Å². The number of likely N-dealkylation sites (N-methyl/N-ethyl adjacent to an activating group) is 1. The normalized spacial score (nSPS) is 26.6. The van der Waals surface area contributed by atoms with E-state index in [9.17, 15) is 9.90 Å². The first-order chi connectivity index (χ1) is 9.59. The molecule has 0 radical (unpaired) electrons. The average molecular weight is 274 g/mol. The number of amides is 1. The largest absolute Gasteiger partial charge is 0.378 e. The molecule has 20 heavy (non-hydrogen) atoms. The molecule has 2 atom stereocenters. The van der Waals surface area contributed by atoms with E-state index in [1.807, 2.05) is 18.2 Å². The van der Waals surface area contributed by atoms with Gasteiger partial charge in [0.25, 0.3) is 5.91 Å². The van der Waals surface area contributed by atoms with Crippen LogP contribution in [0.15, 0.2) is 18.2 Å². The highest BCUT2D eigenvalue weighted by molar-refractivity contribution is 6.03. The Kier molecular flexibility index (Phi) is 3.42. The Bertz CT molecular complexity index is 529. The van der Waals surface area contributed by atoms with E-state index in [1.54, 1.807) is 11.9 Å². The molecule has 1 aromatic carbocycles. The van der Waals surface area contributed by atoms with E-state index < -0.39 is 6.10 Å². The zero-order chi connectivity index (χ0) is 14.3. The standard InChI is InChI=1S/C16H22N2O2/c1-11-6-4-3-5-9-18(11)12-7-8-13-14(10-12)17(2)16(20)15(13)19/h7-8,10-11,15,19H,3-6,9H2,1-2H3. The summed E-state index contributed by atoms with van der Waals surface area (Å²) in [6, 6.07) is 6.51. The number of hydrogen-bond donors (Lipinski definition) is 1. The number of anilines is 2. The highest BCUT2D eigenvalue weighted by atomic mass is 16.3. The molecule has 4 nitrogen and oxygen atoms in total. The molecule has 1 N–H and O–H groups in total. The average Bonchev–Trinajstić information content (AvgIpc) is 2.64. The van der Waals surface area contributed by atoms with Gasteiger partial charge in [0.1, 0.15) is 0 Å². The summed E-state index contributed by atoms with van der Waals surface area (Å²) in [5.74, 6) is -0.235. The van der Waals surface area contributed by atoms with Gasteiger partial charge in [0, 0.05) is 30.9 Å². The van der Waals surface area contributed by atoms with E-state index in [0.29, 0.717) is 6.04 Å². The van der Waals surface area contributed by atoms with Crippen molar-refractivity contribution in [1.82, 2.24) is 0 Å². The van der Waals surface area contributed by atoms with Crippen molar-refractivity contribution >= 4 is 17.3 Å². The fourth-order valence-corrected chi connectivity index (χ4v) is 3.33. The zero-order valence-electron chi connectivity index (χ0n) is 12.2. The Morgan fingerprint density at radius 3 is 2.85 bits per heavy atom. The predicted molar refractivity (Wildman–Crippen MR) is 80.1 cm³/mol. The molecule has 0 spiro atoms. The van der Waals surface area contributed by atoms with Crippen LogP contribution in [0.4, 0.5) is 11.4 Å². The van der Waals surface area contributed by atoms with Gasteiger partial charge in [0.05, 0.1) is 5.69 Å². The minimum absolute atomic E-state index is 0.235. The van der Waals surface area contributed by atoms with Gasteiger partial charge >= 0.3 is 0 Å². The highest BCUT2D eigenvalue weighted by Gasteiger charge is 2.34. The summed E-state index contributed by atoms with van der Waals surface area (Å²) in [5.41, 5.74) is 2.73. The van der Waals surface area contributed by atoms with Crippen molar-refractivity contribution in [3.05, 3.63) is 23.8 Å². The van der Waals surface area contributed by atoms with Crippen LogP contribution in [0.3, 0.4) is 0 Å². The molecule has 0 saturated carbocycles. The third kappa shape index (κ3) is 2.08. The van der Waals surface area contributed by atoms with Gasteiger partial charge in [-0.2, -0.15) is 0 Å². The first-order valence-electron chi connectivity index (χ1n) is 7.46. The van der Waals surface area contributed by atoms with Crippen molar-refractivity contribution in [3.8, 4) is 0 Å². The second-order valence-electron chi connectivity index (χ2n) is 5.93. The Morgan fingerprint density at radius 1 is 1.25 bits per heavy atom. The lowest BCUT2D eigenvalue weighted by Crippen LogP contribution is -2.32. The number of rotatable bonds is 1. The molecule has 3 rings (SSSR count). The summed E-state index contributed by atoms with van der Waals surface area (Å²) < 4.78 is 0. The number of hydrogen-bond acceptors (Lipinski definition) is 3. The molecule has 108 valence electrons. The third-order valence-corrected chi connectivity index (χ3v) is 4.62. The first kappa shape index (κ1) is 13.4. The molecular weight excluding hydrogens is 252 g/mol. The van der Waals surface area contributed by atoms with Crippen LogP contribution in [0.2, 0.25) is 0 Å². The highest BCUT2D eigenvalue weighted by Crippen LogP contribution is 2.38. The molecular formula is C16H22N2O2. The molecule has 1 amide bonds. The maximum absolute atomic E-state index is 11.8. The number of aliphatic hydroxyl groups excluding tert-OH is 1. The van der Waals surface area contributed by atoms with Crippen LogP contribution in [0.1, 0.15) is 44.3 Å². The minimum Gasteiger partial charge on any atom is -0.378 e. The summed E-state index contributed by atoms with van der Waals surface area (Å²) in [7, 11) is 1.73. The molecule has 2 aliphatic rings. The molecule has 1 aromatic rings. The summed E-state index contributed by atoms with van der Waals surface area (Å²) in [4.78, 5) is 15.8. The topological polar surface area (TPSA) is 43.8 Å². The lowest BCUT2D eigenvalue weighted by Gasteiger charge is -2.30. The fraction of sp³-hybridized carbons (Fsp3) is 0.562. The molecule has 1 saturated heterocycles. The third-order valence-electron chi connectivity index (χ3n) is 4.62. The number of carbonyl (C=O) groups excluding carboxylic acids is 1. The lowest BCUT2D eigenvalue weighted by molar-refractivity contribution is -0.125. The molecule has 0 aromatic heterocycles. The smallest absolute Gasteiger partial charge is 0.260 e. The van der Waals surface area contributed by atoms with Gasteiger partial charge in [-0.1, -0.05) is 18.9 Å². The van der Waals surface area contributed by atoms with E-state index >= 15 is 0 Å². The number of aliphatic hydroxyl groups is 1. The number of benzene rings is 1. The summed E-state index contributed by atoms with van der Waals surface area (Å²) in [6.07, 6.45) is 4.03. The van der Waals surface area contributed by atoms with Crippen LogP contribution >= 0.6 is 0 Å². The van der Waals surface area contributed by atoms with E-state index in [1.165, 1.54) is 25.7 Å². The molecule has 2 aliphatic heterocycles. The van der Waals surface area contributed by atoms with Crippen LogP contribution in [0, 0.1) is 0 Å². The van der Waals surface area contributed by atoms with Crippen LogP contribution in [0.25, 0.3) is 0 Å². The van der Waals surface area contributed by atoms with Crippen molar-refractivity contribution in [2.75, 3.05) is 23.4 Å². The van der Waals surface area contributed by atoms with Gasteiger partial charge in [-0.3, -0.25) is 4.79 Å². The number of fused-ring (bicyclic) bond motifs is 1. The second-order valence-corrected chi connectivity index (χ2v) is 5.93. The van der Waals surface area contributed by atoms with Crippen molar-refractivity contribution in [2.24, 2.45) is 0 Å². The second kappa shape index (κ2) is 5.09. The maximum Gasteiger partial charge on any atom is 0.260 e. The van der Waals surface area contributed by atoms with Crippen molar-refractivity contribution in [3.63, 3.8) is 0 Å². The lowest BCUT2D eigenvalue weighted by atomic mass is 10.1. The Balaban J connectivity index is 1.95. The molecule has 2 unspecified atom stereocenters. The van der Waals surface area contributed by atoms with Gasteiger partial charge in [-0.15, -0.1) is 0 Å². The van der Waals surface area contributed by atoms with Gasteiger partial charge < -0.3 is 14.9 Å². The Morgan fingerprint density at radius 2 is 2.05 bits per heavy atom. The Hall–Kier alpha value is -1.55. The van der Waals surface area contributed by atoms with Crippen molar-refractivity contribution < 1.29 is 9.90 Å². The summed E-state index contributed by atoms with van der Waals surface area (Å²) >= 11 is 0. The summed E-state index contributed by atoms with van der Waals surface area (Å²) in [6.45, 7) is 3.34. The molecule has 1 fully saturated rings. The maximum atomic E-state index is 11.8. The van der Waals surface area contributed by atoms with Gasteiger partial charge in [-0.05, 0) is 31.9 Å². The molecule has 2 heterocycles. The monoisotopic (exact) mass is 274 g/mol. The van der Waals surface area contributed by atoms with Gasteiger partial charge in [0.15, 0.2) is 6.10 Å². The van der Waals surface area contributed by atoms with Gasteiger partial charge in [-0.25, -0.2) is 0 Å². The van der Waals surface area contributed by atoms with E-state index in [0.717, 1.165) is 23.5 Å². The van der Waals surface area contributed by atoms with E-state index in [-0.39, 0.29) is 5.91 Å². The molecule has 0 aliphatic carbocycles. The quantitative estimate of drug-likeness (QED) is 0.855. The fourth-order valence-electron chi connectivity index (χ4n) is 3.33. The minimum atomic E-state index is -0.995. The van der Waals surface area contributed by atoms with Crippen molar-refractivity contribution in [1.29, 1.82) is 0 Å². The molecule has 4 heteroatoms. The number of nitrogens with zero attached hydrogens (tertiary/aromatic N) is 2. The van der Waals surface area contributed by atoms with E-state index in [2.05, 4.69) is 11.8 Å². The van der Waals surface area contributed by atoms with Crippen LogP contribution in [-0.2, 0) is 4.79 Å². The van der Waals surface area contributed by atoms with E-state index in [4.69, 9.17) is 0 Å². The van der Waals surface area contributed by atoms with Crippen LogP contribution in [-0.4, -0.2) is 30.6 Å². The summed E-state index contributed by atoms with van der Waals surface area (Å²) in [5, 5.41) is 9.91. The first-order valence-corrected chi connectivity index (χ1v) is 7.46. The van der Waals surface area contributed by atoms with Crippen molar-refractivity contribution in [2.45, 2.75) is 44.8 Å².